The summed E-state index contributed by atoms with van der Waals surface area (Å²) < 4.78 is 23.3. The first-order valence-electron chi connectivity index (χ1n) is 4.64. The Hall–Kier alpha value is -2.09. The number of H-pyrrole nitrogens is 1. The number of nitrogens with zero attached hydrogens (tertiary/aromatic N) is 3. The molecule has 0 unspecified atom stereocenters. The Morgan fingerprint density at radius 2 is 1.94 bits per heavy atom. The Labute approximate surface area is 96.8 Å². The maximum Gasteiger partial charge on any atom is 0.288 e. The molecule has 0 atom stereocenters. The van der Waals surface area contributed by atoms with Crippen molar-refractivity contribution in [3.63, 3.8) is 0 Å². The van der Waals surface area contributed by atoms with Gasteiger partial charge in [0.15, 0.2) is 5.78 Å². The van der Waals surface area contributed by atoms with Gasteiger partial charge < -0.3 is 0 Å². The summed E-state index contributed by atoms with van der Waals surface area (Å²) in [6.07, 6.45) is 0. The Bertz CT molecular complexity index is 607. The van der Waals surface area contributed by atoms with Crippen LogP contribution in [0.25, 0.3) is 0 Å². The lowest BCUT2D eigenvalue weighted by Crippen LogP contribution is -2.17. The zero-order valence-corrected chi connectivity index (χ0v) is 9.38. The Balaban J connectivity index is 2.21. The number of hydrogen-bond acceptors (Lipinski definition) is 6. The number of tetrazole rings is 1. The number of carbonyl (C=O) groups excluding carboxylic acids is 1. The number of aromatic amines is 1. The van der Waals surface area contributed by atoms with Crippen LogP contribution < -0.4 is 0 Å². The van der Waals surface area contributed by atoms with Crippen LogP contribution in [0.5, 0.6) is 0 Å². The van der Waals surface area contributed by atoms with Gasteiger partial charge in [-0.25, -0.2) is 8.42 Å². The molecule has 0 saturated carbocycles. The number of ketones is 1. The van der Waals surface area contributed by atoms with Crippen molar-refractivity contribution in [1.82, 2.24) is 20.6 Å². The molecule has 17 heavy (non-hydrogen) atoms. The summed E-state index contributed by atoms with van der Waals surface area (Å²) in [5.41, 5.74) is 0.333. The average molecular weight is 252 g/mol. The van der Waals surface area contributed by atoms with Crippen molar-refractivity contribution in [2.24, 2.45) is 0 Å². The van der Waals surface area contributed by atoms with Crippen molar-refractivity contribution in [1.29, 1.82) is 0 Å². The van der Waals surface area contributed by atoms with Crippen molar-refractivity contribution in [3.05, 3.63) is 35.9 Å². The number of carbonyl (C=O) groups is 1. The highest BCUT2D eigenvalue weighted by molar-refractivity contribution is 7.92. The molecule has 0 radical (unpaired) electrons. The average Bonchev–Trinajstić information content (AvgIpc) is 2.84. The van der Waals surface area contributed by atoms with Crippen LogP contribution in [0.2, 0.25) is 0 Å². The molecule has 1 aromatic heterocycles. The molecular weight excluding hydrogens is 244 g/mol. The Kier molecular flexibility index (Phi) is 2.96. The lowest BCUT2D eigenvalue weighted by molar-refractivity contribution is 0.102. The minimum Gasteiger partial charge on any atom is -0.293 e. The van der Waals surface area contributed by atoms with E-state index in [0.717, 1.165) is 0 Å². The largest absolute Gasteiger partial charge is 0.293 e. The van der Waals surface area contributed by atoms with E-state index >= 15 is 0 Å². The van der Waals surface area contributed by atoms with Gasteiger partial charge in [-0.05, 0) is 5.21 Å². The molecule has 0 aliphatic rings. The van der Waals surface area contributed by atoms with E-state index in [4.69, 9.17) is 0 Å². The van der Waals surface area contributed by atoms with Crippen LogP contribution in [0, 0.1) is 0 Å². The molecule has 0 aliphatic heterocycles. The molecule has 1 heterocycles. The maximum atomic E-state index is 11.7. The van der Waals surface area contributed by atoms with E-state index in [2.05, 4.69) is 15.4 Å². The molecule has 0 spiro atoms. The molecule has 1 aromatic carbocycles. The molecule has 7 nitrogen and oxygen atoms in total. The van der Waals surface area contributed by atoms with Gasteiger partial charge in [0.05, 0.1) is 0 Å². The normalized spacial score (nSPS) is 11.3. The predicted octanol–water partition coefficient (Wildman–Crippen LogP) is -0.144. The first kappa shape index (κ1) is 11.4. The molecule has 2 aromatic rings. The summed E-state index contributed by atoms with van der Waals surface area (Å²) in [5.74, 6) is -1.17. The third kappa shape index (κ3) is 2.53. The van der Waals surface area contributed by atoms with E-state index in [9.17, 15) is 13.2 Å². The fraction of sp³-hybridized carbons (Fsp3) is 0.111. The van der Waals surface area contributed by atoms with E-state index in [-0.39, 0.29) is 0 Å². The van der Waals surface area contributed by atoms with E-state index in [1.165, 1.54) is 0 Å². The van der Waals surface area contributed by atoms with Crippen molar-refractivity contribution in [3.8, 4) is 0 Å². The summed E-state index contributed by atoms with van der Waals surface area (Å²) in [6.45, 7) is 0. The highest BCUT2D eigenvalue weighted by Gasteiger charge is 2.24. The SMILES string of the molecule is O=C(CS(=O)(=O)c1nn[nH]n1)c1ccccc1. The first-order valence-corrected chi connectivity index (χ1v) is 6.29. The standard InChI is InChI=1S/C9H8N4O3S/c14-8(7-4-2-1-3-5-7)6-17(15,16)9-10-12-13-11-9/h1-5H,6H2,(H,10,11,12,13). The van der Waals surface area contributed by atoms with E-state index in [1.54, 1.807) is 30.3 Å². The van der Waals surface area contributed by atoms with Crippen molar-refractivity contribution < 1.29 is 13.2 Å². The second-order valence-corrected chi connectivity index (χ2v) is 5.13. The number of rotatable bonds is 4. The van der Waals surface area contributed by atoms with Gasteiger partial charge in [-0.15, -0.1) is 5.10 Å². The highest BCUT2D eigenvalue weighted by Crippen LogP contribution is 2.07. The van der Waals surface area contributed by atoms with Crippen LogP contribution in [0.3, 0.4) is 0 Å². The number of aromatic nitrogens is 4. The van der Waals surface area contributed by atoms with Crippen molar-refractivity contribution >= 4 is 15.6 Å². The number of benzene rings is 1. The summed E-state index contributed by atoms with van der Waals surface area (Å²) in [4.78, 5) is 11.7. The molecule has 1 N–H and O–H groups in total. The first-order chi connectivity index (χ1) is 8.09. The molecule has 88 valence electrons. The molecule has 0 bridgehead atoms. The summed E-state index contributed by atoms with van der Waals surface area (Å²) in [5, 5.41) is 11.4. The van der Waals surface area contributed by atoms with Crippen LogP contribution in [-0.2, 0) is 9.84 Å². The molecule has 0 fully saturated rings. The predicted molar refractivity (Wildman–Crippen MR) is 57.0 cm³/mol. The number of Topliss-reactive ketones (excluding diaryl/α,β-unsaturated/α-hetero) is 1. The Morgan fingerprint density at radius 3 is 2.53 bits per heavy atom. The fourth-order valence-electron chi connectivity index (χ4n) is 1.23. The lowest BCUT2D eigenvalue weighted by Gasteiger charge is -1.99. The zero-order valence-electron chi connectivity index (χ0n) is 8.57. The summed E-state index contributed by atoms with van der Waals surface area (Å²) in [6, 6.07) is 8.16. The molecule has 0 amide bonds. The number of sulfone groups is 1. The second kappa shape index (κ2) is 4.42. The minimum absolute atomic E-state index is 0.333. The Morgan fingerprint density at radius 1 is 1.24 bits per heavy atom. The van der Waals surface area contributed by atoms with Crippen LogP contribution in [0.4, 0.5) is 0 Å². The molecule has 2 rings (SSSR count). The van der Waals surface area contributed by atoms with Crippen LogP contribution in [0.15, 0.2) is 35.5 Å². The van der Waals surface area contributed by atoms with Gasteiger partial charge in [-0.1, -0.05) is 35.4 Å². The lowest BCUT2D eigenvalue weighted by atomic mass is 10.2. The van der Waals surface area contributed by atoms with Crippen LogP contribution >= 0.6 is 0 Å². The van der Waals surface area contributed by atoms with E-state index in [1.807, 2.05) is 5.21 Å². The molecular formula is C9H8N4O3S. The van der Waals surface area contributed by atoms with Gasteiger partial charge in [-0.2, -0.15) is 5.21 Å². The smallest absolute Gasteiger partial charge is 0.288 e. The monoisotopic (exact) mass is 252 g/mol. The van der Waals surface area contributed by atoms with Crippen LogP contribution in [-0.4, -0.2) is 40.6 Å². The van der Waals surface area contributed by atoms with Gasteiger partial charge in [0.25, 0.3) is 5.16 Å². The third-order valence-corrected chi connectivity index (χ3v) is 3.39. The van der Waals surface area contributed by atoms with Crippen LogP contribution in [0.1, 0.15) is 10.4 Å². The maximum absolute atomic E-state index is 11.7. The van der Waals surface area contributed by atoms with Gasteiger partial charge in [0, 0.05) is 5.56 Å². The van der Waals surface area contributed by atoms with Crippen molar-refractivity contribution in [2.45, 2.75) is 5.16 Å². The quantitative estimate of drug-likeness (QED) is 0.759. The third-order valence-electron chi connectivity index (χ3n) is 2.02. The van der Waals surface area contributed by atoms with Gasteiger partial charge >= 0.3 is 0 Å². The zero-order chi connectivity index (χ0) is 12.3. The van der Waals surface area contributed by atoms with E-state index < -0.39 is 26.5 Å². The summed E-state index contributed by atoms with van der Waals surface area (Å²) >= 11 is 0. The van der Waals surface area contributed by atoms with E-state index in [0.29, 0.717) is 5.56 Å². The second-order valence-electron chi connectivity index (χ2n) is 3.24. The fourth-order valence-corrected chi connectivity index (χ4v) is 2.21. The topological polar surface area (TPSA) is 106 Å². The van der Waals surface area contributed by atoms with Gasteiger partial charge in [0.2, 0.25) is 9.84 Å². The van der Waals surface area contributed by atoms with Gasteiger partial charge in [-0.3, -0.25) is 4.79 Å². The highest BCUT2D eigenvalue weighted by atomic mass is 32.2. The minimum atomic E-state index is -3.83. The molecule has 0 aliphatic carbocycles. The number of nitrogens with one attached hydrogen (secondary N) is 1. The summed E-state index contributed by atoms with van der Waals surface area (Å²) in [7, 11) is -3.83. The van der Waals surface area contributed by atoms with Gasteiger partial charge in [0.1, 0.15) is 5.75 Å². The van der Waals surface area contributed by atoms with Crippen molar-refractivity contribution in [2.75, 3.05) is 5.75 Å². The molecule has 0 saturated heterocycles. The molecule has 8 heteroatoms. The number of hydrogen-bond donors (Lipinski definition) is 1.